The first-order chi connectivity index (χ1) is 15.5. The average molecular weight is 441 g/mol. The van der Waals surface area contributed by atoms with Gasteiger partial charge in [0.05, 0.1) is 7.11 Å². The number of carbonyl (C=O) groups excluding carboxylic acids is 2. The monoisotopic (exact) mass is 440 g/mol. The highest BCUT2D eigenvalue weighted by molar-refractivity contribution is 5.87. The summed E-state index contributed by atoms with van der Waals surface area (Å²) in [5.74, 6) is 1.92. The van der Waals surface area contributed by atoms with Crippen LogP contribution in [-0.4, -0.2) is 49.6 Å². The third-order valence-corrected chi connectivity index (χ3v) is 5.44. The van der Waals surface area contributed by atoms with Crippen molar-refractivity contribution in [3.63, 3.8) is 0 Å². The average Bonchev–Trinajstić information content (AvgIpc) is 2.83. The van der Waals surface area contributed by atoms with Gasteiger partial charge in [-0.1, -0.05) is 25.1 Å². The van der Waals surface area contributed by atoms with Gasteiger partial charge in [-0.2, -0.15) is 0 Å². The summed E-state index contributed by atoms with van der Waals surface area (Å²) >= 11 is 0. The molecule has 7 nitrogen and oxygen atoms in total. The largest absolute Gasteiger partial charge is 0.497 e. The van der Waals surface area contributed by atoms with E-state index in [9.17, 15) is 9.59 Å². The minimum Gasteiger partial charge on any atom is -0.497 e. The van der Waals surface area contributed by atoms with E-state index in [1.165, 1.54) is 0 Å². The lowest BCUT2D eigenvalue weighted by atomic mass is 10.1. The van der Waals surface area contributed by atoms with Gasteiger partial charge in [0.1, 0.15) is 25.0 Å². The van der Waals surface area contributed by atoms with Crippen molar-refractivity contribution in [1.29, 1.82) is 0 Å². The number of rotatable bonds is 10. The summed E-state index contributed by atoms with van der Waals surface area (Å²) in [7, 11) is 1.61. The molecule has 2 aromatic rings. The van der Waals surface area contributed by atoms with Gasteiger partial charge in [0.15, 0.2) is 11.5 Å². The molecular weight excluding hydrogens is 408 g/mol. The Bertz CT molecular complexity index is 930. The van der Waals surface area contributed by atoms with Crippen molar-refractivity contribution >= 4 is 11.8 Å². The van der Waals surface area contributed by atoms with E-state index in [-0.39, 0.29) is 18.2 Å². The Morgan fingerprint density at radius 1 is 1.09 bits per heavy atom. The maximum Gasteiger partial charge on any atom is 0.242 e. The zero-order valence-electron chi connectivity index (χ0n) is 19.1. The van der Waals surface area contributed by atoms with Crippen molar-refractivity contribution in [1.82, 2.24) is 10.2 Å². The Balaban J connectivity index is 1.72. The second kappa shape index (κ2) is 11.4. The van der Waals surface area contributed by atoms with E-state index in [1.54, 1.807) is 18.9 Å². The zero-order chi connectivity index (χ0) is 22.9. The fourth-order valence-corrected chi connectivity index (χ4v) is 3.58. The lowest BCUT2D eigenvalue weighted by Crippen LogP contribution is -2.47. The summed E-state index contributed by atoms with van der Waals surface area (Å²) in [5, 5.41) is 2.90. The molecule has 1 atom stereocenters. The molecule has 0 fully saturated rings. The molecule has 3 rings (SSSR count). The lowest BCUT2D eigenvalue weighted by Gasteiger charge is -2.29. The van der Waals surface area contributed by atoms with Crippen LogP contribution in [0.1, 0.15) is 37.8 Å². The molecule has 7 heteroatoms. The highest BCUT2D eigenvalue weighted by Crippen LogP contribution is 2.31. The Morgan fingerprint density at radius 2 is 1.88 bits per heavy atom. The van der Waals surface area contributed by atoms with E-state index < -0.39 is 6.04 Å². The summed E-state index contributed by atoms with van der Waals surface area (Å²) in [6.07, 6.45) is 1.68. The summed E-state index contributed by atoms with van der Waals surface area (Å²) in [4.78, 5) is 27.5. The number of amides is 2. The number of fused-ring (bicyclic) bond motifs is 1. The first kappa shape index (κ1) is 23.4. The van der Waals surface area contributed by atoms with E-state index in [0.717, 1.165) is 23.3 Å². The minimum atomic E-state index is -0.583. The molecule has 0 aromatic heterocycles. The van der Waals surface area contributed by atoms with Crippen molar-refractivity contribution in [2.75, 3.05) is 26.9 Å². The molecule has 1 aliphatic heterocycles. The Morgan fingerprint density at radius 3 is 2.62 bits per heavy atom. The van der Waals surface area contributed by atoms with Gasteiger partial charge >= 0.3 is 0 Å². The SMILES string of the molecule is CCCNC(=O)[C@@H](C)N(Cc1cccc(OC)c1)C(=O)CCc1ccc2c(c1)OCCO2. The van der Waals surface area contributed by atoms with Gasteiger partial charge in [-0.3, -0.25) is 9.59 Å². The lowest BCUT2D eigenvalue weighted by molar-refractivity contribution is -0.140. The van der Waals surface area contributed by atoms with E-state index in [1.807, 2.05) is 49.4 Å². The number of carbonyl (C=O) groups is 2. The van der Waals surface area contributed by atoms with E-state index in [2.05, 4.69) is 5.32 Å². The minimum absolute atomic E-state index is 0.0816. The van der Waals surface area contributed by atoms with Gasteiger partial charge < -0.3 is 24.4 Å². The molecule has 1 N–H and O–H groups in total. The van der Waals surface area contributed by atoms with Crippen molar-refractivity contribution < 1.29 is 23.8 Å². The van der Waals surface area contributed by atoms with Crippen molar-refractivity contribution in [2.45, 2.75) is 45.7 Å². The van der Waals surface area contributed by atoms with Gasteiger partial charge in [-0.05, 0) is 55.2 Å². The van der Waals surface area contributed by atoms with Crippen LogP contribution < -0.4 is 19.5 Å². The third kappa shape index (κ3) is 6.15. The van der Waals surface area contributed by atoms with Gasteiger partial charge in [0.2, 0.25) is 11.8 Å². The standard InChI is InChI=1S/C25H32N2O5/c1-4-12-26-25(29)18(2)27(17-20-6-5-7-21(15-20)30-3)24(28)11-9-19-8-10-22-23(16-19)32-14-13-31-22/h5-8,10,15-16,18H,4,9,11-14,17H2,1-3H3,(H,26,29)/t18-/m1/s1. The number of hydrogen-bond acceptors (Lipinski definition) is 5. The van der Waals surface area contributed by atoms with Crippen LogP contribution in [0.25, 0.3) is 0 Å². The van der Waals surface area contributed by atoms with Crippen molar-refractivity contribution in [2.24, 2.45) is 0 Å². The van der Waals surface area contributed by atoms with E-state index >= 15 is 0 Å². The molecule has 0 aliphatic carbocycles. The molecule has 2 aromatic carbocycles. The maximum atomic E-state index is 13.2. The van der Waals surface area contributed by atoms with Gasteiger partial charge in [0.25, 0.3) is 0 Å². The molecule has 1 aliphatic rings. The number of ether oxygens (including phenoxy) is 3. The molecule has 2 amide bonds. The van der Waals surface area contributed by atoms with Crippen LogP contribution in [0.5, 0.6) is 17.2 Å². The predicted molar refractivity (Wildman–Crippen MR) is 122 cm³/mol. The topological polar surface area (TPSA) is 77.1 Å². The number of nitrogens with one attached hydrogen (secondary N) is 1. The van der Waals surface area contributed by atoms with Crippen molar-refractivity contribution in [3.05, 3.63) is 53.6 Å². The smallest absolute Gasteiger partial charge is 0.242 e. The quantitative estimate of drug-likeness (QED) is 0.613. The molecule has 0 saturated carbocycles. The Hall–Kier alpha value is -3.22. The number of benzene rings is 2. The number of hydrogen-bond donors (Lipinski definition) is 1. The van der Waals surface area contributed by atoms with Crippen LogP contribution in [-0.2, 0) is 22.6 Å². The molecule has 0 radical (unpaired) electrons. The molecular formula is C25H32N2O5. The summed E-state index contributed by atoms with van der Waals surface area (Å²) < 4.78 is 16.5. The highest BCUT2D eigenvalue weighted by Gasteiger charge is 2.26. The van der Waals surface area contributed by atoms with Crippen LogP contribution in [0.15, 0.2) is 42.5 Å². The molecule has 1 heterocycles. The zero-order valence-corrected chi connectivity index (χ0v) is 19.1. The third-order valence-electron chi connectivity index (χ3n) is 5.44. The van der Waals surface area contributed by atoms with E-state index in [4.69, 9.17) is 14.2 Å². The summed E-state index contributed by atoms with van der Waals surface area (Å²) in [6, 6.07) is 12.7. The molecule has 32 heavy (non-hydrogen) atoms. The van der Waals surface area contributed by atoms with Crippen LogP contribution in [0.2, 0.25) is 0 Å². The fourth-order valence-electron chi connectivity index (χ4n) is 3.58. The fraction of sp³-hybridized carbons (Fsp3) is 0.440. The first-order valence-electron chi connectivity index (χ1n) is 11.1. The first-order valence-corrected chi connectivity index (χ1v) is 11.1. The van der Waals surface area contributed by atoms with E-state index in [0.29, 0.717) is 44.2 Å². The Labute approximate surface area is 189 Å². The van der Waals surface area contributed by atoms with Crippen molar-refractivity contribution in [3.8, 4) is 17.2 Å². The molecule has 0 bridgehead atoms. The second-order valence-corrected chi connectivity index (χ2v) is 7.82. The molecule has 0 spiro atoms. The molecule has 172 valence electrons. The van der Waals surface area contributed by atoms with Crippen LogP contribution in [0.3, 0.4) is 0 Å². The summed E-state index contributed by atoms with van der Waals surface area (Å²) in [5.41, 5.74) is 1.90. The Kier molecular flexibility index (Phi) is 8.36. The second-order valence-electron chi connectivity index (χ2n) is 7.82. The van der Waals surface area contributed by atoms with Gasteiger partial charge in [-0.25, -0.2) is 0 Å². The molecule has 0 unspecified atom stereocenters. The van der Waals surface area contributed by atoms with Crippen LogP contribution >= 0.6 is 0 Å². The highest BCUT2D eigenvalue weighted by atomic mass is 16.6. The molecule has 0 saturated heterocycles. The van der Waals surface area contributed by atoms with Gasteiger partial charge in [-0.15, -0.1) is 0 Å². The van der Waals surface area contributed by atoms with Gasteiger partial charge in [0, 0.05) is 19.5 Å². The number of methoxy groups -OCH3 is 1. The number of nitrogens with zero attached hydrogens (tertiary/aromatic N) is 1. The summed E-state index contributed by atoms with van der Waals surface area (Å²) in [6.45, 7) is 5.75. The predicted octanol–water partition coefficient (Wildman–Crippen LogP) is 3.34. The van der Waals surface area contributed by atoms with Crippen LogP contribution in [0.4, 0.5) is 0 Å². The normalized spacial score (nSPS) is 13.2. The van der Waals surface area contributed by atoms with Crippen LogP contribution in [0, 0.1) is 0 Å². The number of aryl methyl sites for hydroxylation is 1. The maximum absolute atomic E-state index is 13.2.